The lowest BCUT2D eigenvalue weighted by Gasteiger charge is -1.97. The van der Waals surface area contributed by atoms with Gasteiger partial charge in [-0.1, -0.05) is 17.7 Å². The van der Waals surface area contributed by atoms with Gasteiger partial charge in [-0.25, -0.2) is 4.98 Å². The highest BCUT2D eigenvalue weighted by atomic mass is 35.5. The molecule has 0 atom stereocenters. The van der Waals surface area contributed by atoms with Crippen molar-refractivity contribution in [3.63, 3.8) is 0 Å². The second-order valence-corrected chi connectivity index (χ2v) is 4.19. The maximum atomic E-state index is 11.3. The molecular formula is C13H8ClN3O. The fourth-order valence-electron chi connectivity index (χ4n) is 1.84. The lowest BCUT2D eigenvalue weighted by atomic mass is 10.2. The van der Waals surface area contributed by atoms with E-state index in [2.05, 4.69) is 9.97 Å². The molecule has 0 N–H and O–H groups in total. The Morgan fingerprint density at radius 3 is 2.83 bits per heavy atom. The van der Waals surface area contributed by atoms with E-state index in [0.29, 0.717) is 27.8 Å². The van der Waals surface area contributed by atoms with Gasteiger partial charge < -0.3 is 0 Å². The summed E-state index contributed by atoms with van der Waals surface area (Å²) in [6.45, 7) is 0. The van der Waals surface area contributed by atoms with E-state index in [1.54, 1.807) is 28.9 Å². The molecule has 0 radical (unpaired) electrons. The number of carbonyl (C=O) groups is 1. The van der Waals surface area contributed by atoms with Gasteiger partial charge in [0.1, 0.15) is 17.0 Å². The quantitative estimate of drug-likeness (QED) is 0.663. The molecular weight excluding hydrogens is 250 g/mol. The number of carbonyl (C=O) groups excluding carboxylic acids is 1. The van der Waals surface area contributed by atoms with Crippen molar-refractivity contribution in [1.82, 2.24) is 14.4 Å². The standard InChI is InChI=1S/C13H8ClN3O/c14-9-4-5-12-16-13(10-3-1-2-6-15-10)11(8-18)17(12)7-9/h1-8H. The van der Waals surface area contributed by atoms with Crippen molar-refractivity contribution in [3.05, 3.63) is 53.4 Å². The minimum absolute atomic E-state index is 0.450. The summed E-state index contributed by atoms with van der Waals surface area (Å²) in [6.07, 6.45) is 4.10. The van der Waals surface area contributed by atoms with Crippen molar-refractivity contribution in [2.45, 2.75) is 0 Å². The molecule has 0 spiro atoms. The second kappa shape index (κ2) is 4.23. The van der Waals surface area contributed by atoms with Gasteiger partial charge in [0, 0.05) is 12.4 Å². The van der Waals surface area contributed by atoms with Crippen LogP contribution in [-0.2, 0) is 0 Å². The number of imidazole rings is 1. The van der Waals surface area contributed by atoms with Crippen LogP contribution in [0, 0.1) is 0 Å². The number of hydrogen-bond donors (Lipinski definition) is 0. The number of rotatable bonds is 2. The molecule has 0 bridgehead atoms. The molecule has 0 aromatic carbocycles. The topological polar surface area (TPSA) is 47.3 Å². The van der Waals surface area contributed by atoms with E-state index < -0.39 is 0 Å². The lowest BCUT2D eigenvalue weighted by molar-refractivity contribution is 0.111. The van der Waals surface area contributed by atoms with Gasteiger partial charge in [0.25, 0.3) is 0 Å². The average molecular weight is 258 g/mol. The third-order valence-electron chi connectivity index (χ3n) is 2.64. The first-order valence-corrected chi connectivity index (χ1v) is 5.71. The Labute approximate surface area is 108 Å². The zero-order valence-corrected chi connectivity index (χ0v) is 10.0. The average Bonchev–Trinajstić information content (AvgIpc) is 2.77. The molecule has 0 amide bonds. The third kappa shape index (κ3) is 1.67. The van der Waals surface area contributed by atoms with Crippen LogP contribution in [0.5, 0.6) is 0 Å². The van der Waals surface area contributed by atoms with Crippen LogP contribution in [0.4, 0.5) is 0 Å². The van der Waals surface area contributed by atoms with E-state index in [9.17, 15) is 4.79 Å². The maximum absolute atomic E-state index is 11.3. The number of hydrogen-bond acceptors (Lipinski definition) is 3. The molecule has 0 aliphatic rings. The molecule has 3 aromatic rings. The van der Waals surface area contributed by atoms with Crippen LogP contribution in [0.25, 0.3) is 17.0 Å². The summed E-state index contributed by atoms with van der Waals surface area (Å²) < 4.78 is 1.67. The number of aromatic nitrogens is 3. The van der Waals surface area contributed by atoms with Crippen LogP contribution in [0.2, 0.25) is 5.02 Å². The number of aldehydes is 1. The van der Waals surface area contributed by atoms with Crippen LogP contribution < -0.4 is 0 Å². The van der Waals surface area contributed by atoms with Crippen molar-refractivity contribution in [2.75, 3.05) is 0 Å². The van der Waals surface area contributed by atoms with E-state index in [-0.39, 0.29) is 0 Å². The first-order valence-electron chi connectivity index (χ1n) is 5.34. The summed E-state index contributed by atoms with van der Waals surface area (Å²) >= 11 is 5.92. The molecule has 0 saturated heterocycles. The van der Waals surface area contributed by atoms with Crippen LogP contribution in [0.3, 0.4) is 0 Å². The molecule has 0 saturated carbocycles. The van der Waals surface area contributed by atoms with Crippen molar-refractivity contribution in [3.8, 4) is 11.4 Å². The summed E-state index contributed by atoms with van der Waals surface area (Å²) in [5.74, 6) is 0. The number of pyridine rings is 2. The normalized spacial score (nSPS) is 10.7. The minimum Gasteiger partial charge on any atom is -0.296 e. The molecule has 0 unspecified atom stereocenters. The Bertz CT molecular complexity index is 722. The van der Waals surface area contributed by atoms with Crippen molar-refractivity contribution in [2.24, 2.45) is 0 Å². The fraction of sp³-hybridized carbons (Fsp3) is 0. The number of halogens is 1. The lowest BCUT2D eigenvalue weighted by Crippen LogP contribution is -1.93. The van der Waals surface area contributed by atoms with E-state index in [4.69, 9.17) is 11.6 Å². The van der Waals surface area contributed by atoms with Crippen LogP contribution in [0.1, 0.15) is 10.5 Å². The summed E-state index contributed by atoms with van der Waals surface area (Å²) in [6, 6.07) is 8.99. The van der Waals surface area contributed by atoms with Gasteiger partial charge in [-0.15, -0.1) is 0 Å². The van der Waals surface area contributed by atoms with Crippen LogP contribution in [-0.4, -0.2) is 20.7 Å². The summed E-state index contributed by atoms with van der Waals surface area (Å²) in [4.78, 5) is 19.9. The van der Waals surface area contributed by atoms with Crippen LogP contribution >= 0.6 is 11.6 Å². The highest BCUT2D eigenvalue weighted by Gasteiger charge is 2.14. The smallest absolute Gasteiger partial charge is 0.169 e. The van der Waals surface area contributed by atoms with E-state index in [1.165, 1.54) is 0 Å². The molecule has 4 nitrogen and oxygen atoms in total. The Hall–Kier alpha value is -2.20. The zero-order valence-electron chi connectivity index (χ0n) is 9.25. The zero-order chi connectivity index (χ0) is 12.5. The monoisotopic (exact) mass is 257 g/mol. The van der Waals surface area contributed by atoms with Crippen molar-refractivity contribution in [1.29, 1.82) is 0 Å². The second-order valence-electron chi connectivity index (χ2n) is 3.75. The Morgan fingerprint density at radius 2 is 2.11 bits per heavy atom. The Balaban J connectivity index is 2.33. The minimum atomic E-state index is 0.450. The van der Waals surface area contributed by atoms with Gasteiger partial charge in [0.15, 0.2) is 6.29 Å². The molecule has 5 heteroatoms. The Kier molecular flexibility index (Phi) is 2.57. The predicted octanol–water partition coefficient (Wildman–Crippen LogP) is 2.86. The SMILES string of the molecule is O=Cc1c(-c2ccccn2)nc2ccc(Cl)cn12. The fourth-order valence-corrected chi connectivity index (χ4v) is 2.00. The summed E-state index contributed by atoms with van der Waals surface area (Å²) in [5.41, 5.74) is 2.35. The molecule has 3 rings (SSSR count). The van der Waals surface area contributed by atoms with Crippen molar-refractivity contribution < 1.29 is 4.79 Å². The Morgan fingerprint density at radius 1 is 1.22 bits per heavy atom. The highest BCUT2D eigenvalue weighted by Crippen LogP contribution is 2.22. The molecule has 3 aromatic heterocycles. The number of nitrogens with zero attached hydrogens (tertiary/aromatic N) is 3. The first-order chi connectivity index (χ1) is 8.79. The maximum Gasteiger partial charge on any atom is 0.169 e. The molecule has 0 aliphatic carbocycles. The number of fused-ring (bicyclic) bond motifs is 1. The molecule has 0 fully saturated rings. The van der Waals surface area contributed by atoms with Gasteiger partial charge in [-0.05, 0) is 24.3 Å². The summed E-state index contributed by atoms with van der Waals surface area (Å²) in [7, 11) is 0. The largest absolute Gasteiger partial charge is 0.296 e. The van der Waals surface area contributed by atoms with Gasteiger partial charge in [-0.2, -0.15) is 0 Å². The van der Waals surface area contributed by atoms with Gasteiger partial charge in [0.2, 0.25) is 0 Å². The van der Waals surface area contributed by atoms with E-state index in [0.717, 1.165) is 6.29 Å². The summed E-state index contributed by atoms with van der Waals surface area (Å²) in [5, 5.41) is 0.551. The van der Waals surface area contributed by atoms with Crippen molar-refractivity contribution >= 4 is 23.5 Å². The molecule has 0 aliphatic heterocycles. The highest BCUT2D eigenvalue weighted by molar-refractivity contribution is 6.30. The third-order valence-corrected chi connectivity index (χ3v) is 2.86. The van der Waals surface area contributed by atoms with Gasteiger partial charge in [-0.3, -0.25) is 14.2 Å². The van der Waals surface area contributed by atoms with Gasteiger partial charge in [0.05, 0.1) is 10.7 Å². The van der Waals surface area contributed by atoms with Crippen LogP contribution in [0.15, 0.2) is 42.7 Å². The molecule has 88 valence electrons. The molecule has 18 heavy (non-hydrogen) atoms. The van der Waals surface area contributed by atoms with Gasteiger partial charge >= 0.3 is 0 Å². The molecule has 3 heterocycles. The first kappa shape index (κ1) is 10.9. The van der Waals surface area contributed by atoms with E-state index in [1.807, 2.05) is 18.2 Å². The predicted molar refractivity (Wildman–Crippen MR) is 68.8 cm³/mol. The van der Waals surface area contributed by atoms with E-state index >= 15 is 0 Å².